The smallest absolute Gasteiger partial charge is 0.307 e. The first-order valence-corrected chi connectivity index (χ1v) is 7.16. The number of carboxylic acid groups (broad SMARTS) is 1. The van der Waals surface area contributed by atoms with Crippen molar-refractivity contribution in [2.75, 3.05) is 24.5 Å². The van der Waals surface area contributed by atoms with Crippen LogP contribution < -0.4 is 10.2 Å². The molecule has 108 valence electrons. The monoisotopic (exact) mass is 278 g/mol. The number of halogens is 1. The zero-order valence-corrected chi connectivity index (χ0v) is 11.3. The maximum Gasteiger partial charge on any atom is 0.307 e. The maximum absolute atomic E-state index is 13.6. The Morgan fingerprint density at radius 2 is 2.10 bits per heavy atom. The molecule has 2 unspecified atom stereocenters. The van der Waals surface area contributed by atoms with Gasteiger partial charge in [0.15, 0.2) is 0 Å². The van der Waals surface area contributed by atoms with Crippen LogP contribution in [0.2, 0.25) is 0 Å². The normalized spacial score (nSPS) is 26.1. The van der Waals surface area contributed by atoms with Gasteiger partial charge in [-0.3, -0.25) is 4.79 Å². The fraction of sp³-hybridized carbons (Fsp3) is 0.533. The van der Waals surface area contributed by atoms with Gasteiger partial charge in [-0.15, -0.1) is 0 Å². The molecule has 0 aromatic heterocycles. The average molecular weight is 278 g/mol. The lowest BCUT2D eigenvalue weighted by molar-refractivity contribution is -0.141. The highest BCUT2D eigenvalue weighted by Crippen LogP contribution is 2.35. The lowest BCUT2D eigenvalue weighted by Crippen LogP contribution is -2.22. The van der Waals surface area contributed by atoms with E-state index in [2.05, 4.69) is 10.2 Å². The predicted molar refractivity (Wildman–Crippen MR) is 74.3 cm³/mol. The Balaban J connectivity index is 1.88. The van der Waals surface area contributed by atoms with E-state index in [0.717, 1.165) is 37.2 Å². The van der Waals surface area contributed by atoms with E-state index in [0.29, 0.717) is 13.0 Å². The molecular formula is C15H19FN2O2. The summed E-state index contributed by atoms with van der Waals surface area (Å²) in [5, 5.41) is 12.3. The van der Waals surface area contributed by atoms with Crippen LogP contribution >= 0.6 is 0 Å². The summed E-state index contributed by atoms with van der Waals surface area (Å²) in [6, 6.07) is 4.80. The number of anilines is 1. The Labute approximate surface area is 117 Å². The summed E-state index contributed by atoms with van der Waals surface area (Å²) in [6.45, 7) is 2.44. The van der Waals surface area contributed by atoms with E-state index in [9.17, 15) is 9.18 Å². The van der Waals surface area contributed by atoms with Crippen LogP contribution in [0.5, 0.6) is 0 Å². The SMILES string of the molecule is O=C(O)C1CNC(c2cc(F)ccc2N2CCCC2)C1. The summed E-state index contributed by atoms with van der Waals surface area (Å²) in [5.41, 5.74) is 1.95. The van der Waals surface area contributed by atoms with Crippen molar-refractivity contribution in [3.63, 3.8) is 0 Å². The molecule has 20 heavy (non-hydrogen) atoms. The Morgan fingerprint density at radius 1 is 1.35 bits per heavy atom. The fourth-order valence-corrected chi connectivity index (χ4v) is 3.21. The summed E-state index contributed by atoms with van der Waals surface area (Å²) in [4.78, 5) is 13.3. The zero-order valence-electron chi connectivity index (χ0n) is 11.3. The predicted octanol–water partition coefficient (Wildman–Crippen LogP) is 2.16. The van der Waals surface area contributed by atoms with E-state index in [-0.39, 0.29) is 17.8 Å². The molecule has 2 atom stereocenters. The molecule has 0 radical (unpaired) electrons. The molecule has 4 nitrogen and oxygen atoms in total. The van der Waals surface area contributed by atoms with Crippen LogP contribution in [0.3, 0.4) is 0 Å². The standard InChI is InChI=1S/C15H19FN2O2/c16-11-3-4-14(18-5-1-2-6-18)12(8-11)13-7-10(9-17-13)15(19)20/h3-4,8,10,13,17H,1-2,5-7,9H2,(H,19,20). The van der Waals surface area contributed by atoms with E-state index >= 15 is 0 Å². The Bertz CT molecular complexity index is 515. The number of hydrogen-bond acceptors (Lipinski definition) is 3. The van der Waals surface area contributed by atoms with Crippen LogP contribution in [-0.4, -0.2) is 30.7 Å². The number of carboxylic acids is 1. The molecule has 0 spiro atoms. The largest absolute Gasteiger partial charge is 0.481 e. The van der Waals surface area contributed by atoms with Crippen molar-refractivity contribution in [3.8, 4) is 0 Å². The lowest BCUT2D eigenvalue weighted by Gasteiger charge is -2.24. The minimum atomic E-state index is -0.779. The molecule has 2 N–H and O–H groups in total. The van der Waals surface area contributed by atoms with Crippen molar-refractivity contribution in [2.45, 2.75) is 25.3 Å². The highest BCUT2D eigenvalue weighted by Gasteiger charge is 2.32. The summed E-state index contributed by atoms with van der Waals surface area (Å²) >= 11 is 0. The van der Waals surface area contributed by atoms with Crippen molar-refractivity contribution in [1.82, 2.24) is 5.32 Å². The van der Waals surface area contributed by atoms with Gasteiger partial charge in [-0.25, -0.2) is 4.39 Å². The van der Waals surface area contributed by atoms with E-state index in [4.69, 9.17) is 5.11 Å². The average Bonchev–Trinajstić information content (AvgIpc) is 3.10. The highest BCUT2D eigenvalue weighted by molar-refractivity contribution is 5.71. The molecule has 2 heterocycles. The van der Waals surface area contributed by atoms with Crippen LogP contribution in [-0.2, 0) is 4.79 Å². The van der Waals surface area contributed by atoms with Crippen LogP contribution in [0.25, 0.3) is 0 Å². The summed E-state index contributed by atoms with van der Waals surface area (Å²) in [7, 11) is 0. The van der Waals surface area contributed by atoms with Crippen molar-refractivity contribution >= 4 is 11.7 Å². The van der Waals surface area contributed by atoms with E-state index in [1.165, 1.54) is 6.07 Å². The van der Waals surface area contributed by atoms with Crippen molar-refractivity contribution in [2.24, 2.45) is 5.92 Å². The second kappa shape index (κ2) is 5.40. The Hall–Kier alpha value is -1.62. The van der Waals surface area contributed by atoms with Crippen LogP contribution in [0, 0.1) is 11.7 Å². The van der Waals surface area contributed by atoms with Crippen LogP contribution in [0.1, 0.15) is 30.9 Å². The number of carbonyl (C=O) groups is 1. The van der Waals surface area contributed by atoms with Crippen LogP contribution in [0.15, 0.2) is 18.2 Å². The minimum absolute atomic E-state index is 0.0672. The fourth-order valence-electron chi connectivity index (χ4n) is 3.21. The summed E-state index contributed by atoms with van der Waals surface area (Å²) in [5.74, 6) is -1.42. The van der Waals surface area contributed by atoms with Crippen molar-refractivity contribution in [3.05, 3.63) is 29.6 Å². The van der Waals surface area contributed by atoms with Gasteiger partial charge in [0.25, 0.3) is 0 Å². The topological polar surface area (TPSA) is 52.6 Å². The van der Waals surface area contributed by atoms with E-state index in [1.807, 2.05) is 6.07 Å². The Kier molecular flexibility index (Phi) is 3.61. The zero-order chi connectivity index (χ0) is 14.1. The number of hydrogen-bond donors (Lipinski definition) is 2. The van der Waals surface area contributed by atoms with Gasteiger partial charge >= 0.3 is 5.97 Å². The third-order valence-corrected chi connectivity index (χ3v) is 4.29. The van der Waals surface area contributed by atoms with Crippen molar-refractivity contribution < 1.29 is 14.3 Å². The van der Waals surface area contributed by atoms with Gasteiger partial charge in [-0.05, 0) is 43.0 Å². The molecule has 1 aromatic carbocycles. The van der Waals surface area contributed by atoms with Crippen LogP contribution in [0.4, 0.5) is 10.1 Å². The lowest BCUT2D eigenvalue weighted by atomic mass is 9.98. The molecule has 2 aliphatic rings. The molecule has 3 rings (SSSR count). The van der Waals surface area contributed by atoms with Gasteiger partial charge in [-0.1, -0.05) is 0 Å². The number of aliphatic carboxylic acids is 1. The minimum Gasteiger partial charge on any atom is -0.481 e. The van der Waals surface area contributed by atoms with Gasteiger partial charge in [0.2, 0.25) is 0 Å². The molecule has 2 aliphatic heterocycles. The second-order valence-electron chi connectivity index (χ2n) is 5.63. The van der Waals surface area contributed by atoms with Gasteiger partial charge in [0, 0.05) is 31.4 Å². The number of nitrogens with zero attached hydrogens (tertiary/aromatic N) is 1. The number of nitrogens with one attached hydrogen (secondary N) is 1. The van der Waals surface area contributed by atoms with E-state index < -0.39 is 5.97 Å². The third kappa shape index (κ3) is 2.50. The van der Waals surface area contributed by atoms with E-state index in [1.54, 1.807) is 6.07 Å². The molecule has 1 aromatic rings. The number of benzene rings is 1. The molecule has 0 saturated carbocycles. The van der Waals surface area contributed by atoms with Gasteiger partial charge in [0.1, 0.15) is 5.82 Å². The van der Waals surface area contributed by atoms with Gasteiger partial charge in [-0.2, -0.15) is 0 Å². The Morgan fingerprint density at radius 3 is 2.75 bits per heavy atom. The molecule has 2 saturated heterocycles. The summed E-state index contributed by atoms with van der Waals surface area (Å²) in [6.07, 6.45) is 2.85. The first kappa shape index (κ1) is 13.4. The van der Waals surface area contributed by atoms with Crippen molar-refractivity contribution in [1.29, 1.82) is 0 Å². The molecule has 0 aliphatic carbocycles. The second-order valence-corrected chi connectivity index (χ2v) is 5.63. The molecular weight excluding hydrogens is 259 g/mol. The first-order chi connectivity index (χ1) is 9.65. The maximum atomic E-state index is 13.6. The molecule has 5 heteroatoms. The quantitative estimate of drug-likeness (QED) is 0.889. The molecule has 0 bridgehead atoms. The summed E-state index contributed by atoms with van der Waals surface area (Å²) < 4.78 is 13.6. The molecule has 0 amide bonds. The number of rotatable bonds is 3. The van der Waals surface area contributed by atoms with Gasteiger partial charge in [0.05, 0.1) is 5.92 Å². The van der Waals surface area contributed by atoms with Gasteiger partial charge < -0.3 is 15.3 Å². The first-order valence-electron chi connectivity index (χ1n) is 7.16. The third-order valence-electron chi connectivity index (χ3n) is 4.29. The highest BCUT2D eigenvalue weighted by atomic mass is 19.1. The molecule has 2 fully saturated rings.